The van der Waals surface area contributed by atoms with Gasteiger partial charge in [0.15, 0.2) is 0 Å². The molecule has 0 bridgehead atoms. The molecular weight excluding hydrogens is 422 g/mol. The van der Waals surface area contributed by atoms with Crippen molar-refractivity contribution in [3.8, 4) is 5.75 Å². The first-order chi connectivity index (χ1) is 16.3. The zero-order valence-electron chi connectivity index (χ0n) is 21.5. The summed E-state index contributed by atoms with van der Waals surface area (Å²) in [5, 5.41) is 0. The van der Waals surface area contributed by atoms with E-state index in [1.165, 1.54) is 5.69 Å². The van der Waals surface area contributed by atoms with Gasteiger partial charge in [-0.15, -0.1) is 0 Å². The number of ether oxygens (including phenoxy) is 1. The second-order valence-electron chi connectivity index (χ2n) is 10.5. The molecular formula is C29H43N3O2. The maximum atomic E-state index is 13.0. The molecule has 1 heterocycles. The van der Waals surface area contributed by atoms with Gasteiger partial charge < -0.3 is 20.3 Å². The van der Waals surface area contributed by atoms with Gasteiger partial charge in [0.1, 0.15) is 12.4 Å². The molecule has 5 nitrogen and oxygen atoms in total. The third-order valence-electron chi connectivity index (χ3n) is 6.56. The molecule has 2 N–H and O–H groups in total. The lowest BCUT2D eigenvalue weighted by Crippen LogP contribution is -2.54. The van der Waals surface area contributed by atoms with Gasteiger partial charge in [0.25, 0.3) is 0 Å². The minimum Gasteiger partial charge on any atom is -0.489 e. The number of rotatable bonds is 11. The largest absolute Gasteiger partial charge is 0.489 e. The molecule has 186 valence electrons. The van der Waals surface area contributed by atoms with Crippen molar-refractivity contribution in [2.45, 2.75) is 72.1 Å². The lowest BCUT2D eigenvalue weighted by atomic mass is 9.99. The maximum absolute atomic E-state index is 13.0. The molecule has 1 aliphatic heterocycles. The highest BCUT2D eigenvalue weighted by Crippen LogP contribution is 2.27. The second-order valence-corrected chi connectivity index (χ2v) is 10.5. The highest BCUT2D eigenvalue weighted by molar-refractivity contribution is 5.81. The van der Waals surface area contributed by atoms with Gasteiger partial charge in [0.2, 0.25) is 5.91 Å². The number of amides is 1. The first-order valence-corrected chi connectivity index (χ1v) is 12.9. The third-order valence-corrected chi connectivity index (χ3v) is 6.56. The van der Waals surface area contributed by atoms with E-state index < -0.39 is 6.04 Å². The number of carbonyl (C=O) groups excluding carboxylic acids is 1. The zero-order valence-corrected chi connectivity index (χ0v) is 21.5. The van der Waals surface area contributed by atoms with Crippen LogP contribution in [0.1, 0.15) is 58.9 Å². The van der Waals surface area contributed by atoms with Gasteiger partial charge in [-0.05, 0) is 67.3 Å². The monoisotopic (exact) mass is 465 g/mol. The third kappa shape index (κ3) is 7.76. The number of anilines is 1. The predicted octanol–water partition coefficient (Wildman–Crippen LogP) is 5.48. The van der Waals surface area contributed by atoms with Crippen LogP contribution < -0.4 is 15.4 Å². The predicted molar refractivity (Wildman–Crippen MR) is 141 cm³/mol. The van der Waals surface area contributed by atoms with Crippen LogP contribution in [0.15, 0.2) is 54.6 Å². The fourth-order valence-electron chi connectivity index (χ4n) is 4.65. The lowest BCUT2D eigenvalue weighted by Gasteiger charge is -2.41. The molecule has 1 unspecified atom stereocenters. The molecule has 5 heteroatoms. The molecule has 0 aromatic heterocycles. The minimum atomic E-state index is -0.399. The molecule has 2 aromatic carbocycles. The first kappa shape index (κ1) is 26.1. The molecule has 2 aromatic rings. The van der Waals surface area contributed by atoms with E-state index in [0.717, 1.165) is 56.6 Å². The molecule has 0 radical (unpaired) electrons. The average molecular weight is 466 g/mol. The van der Waals surface area contributed by atoms with Crippen molar-refractivity contribution in [3.63, 3.8) is 0 Å². The number of hydrogen-bond acceptors (Lipinski definition) is 4. The van der Waals surface area contributed by atoms with Gasteiger partial charge in [-0.2, -0.15) is 0 Å². The highest BCUT2D eigenvalue weighted by atomic mass is 16.5. The molecule has 2 atom stereocenters. The highest BCUT2D eigenvalue weighted by Gasteiger charge is 2.30. The van der Waals surface area contributed by atoms with E-state index in [1.807, 2.05) is 23.1 Å². The average Bonchev–Trinajstić information content (AvgIpc) is 2.83. The summed E-state index contributed by atoms with van der Waals surface area (Å²) in [4.78, 5) is 17.5. The first-order valence-electron chi connectivity index (χ1n) is 12.9. The summed E-state index contributed by atoms with van der Waals surface area (Å²) in [6, 6.07) is 18.6. The molecule has 34 heavy (non-hydrogen) atoms. The summed E-state index contributed by atoms with van der Waals surface area (Å²) in [7, 11) is 0. The summed E-state index contributed by atoms with van der Waals surface area (Å²) < 4.78 is 5.99. The maximum Gasteiger partial charge on any atom is 0.239 e. The van der Waals surface area contributed by atoms with Gasteiger partial charge in [-0.25, -0.2) is 0 Å². The van der Waals surface area contributed by atoms with Crippen LogP contribution in [0.25, 0.3) is 0 Å². The summed E-state index contributed by atoms with van der Waals surface area (Å²) in [6.07, 6.45) is 3.96. The Balaban J connectivity index is 1.68. The van der Waals surface area contributed by atoms with E-state index >= 15 is 0 Å². The molecule has 1 fully saturated rings. The number of likely N-dealkylation sites (tertiary alicyclic amines) is 1. The van der Waals surface area contributed by atoms with E-state index in [9.17, 15) is 4.79 Å². The Morgan fingerprint density at radius 2 is 1.76 bits per heavy atom. The molecule has 3 rings (SSSR count). The van der Waals surface area contributed by atoms with Crippen LogP contribution in [0, 0.1) is 11.8 Å². The van der Waals surface area contributed by atoms with Crippen molar-refractivity contribution < 1.29 is 9.53 Å². The van der Waals surface area contributed by atoms with Crippen molar-refractivity contribution >= 4 is 11.6 Å². The van der Waals surface area contributed by atoms with E-state index in [2.05, 4.69) is 69.0 Å². The van der Waals surface area contributed by atoms with Crippen LogP contribution in [0.2, 0.25) is 0 Å². The second kappa shape index (κ2) is 12.8. The normalized spacial score (nSPS) is 17.1. The summed E-state index contributed by atoms with van der Waals surface area (Å²) >= 11 is 0. The Kier molecular flexibility index (Phi) is 9.82. The standard InChI is InChI=1S/C29H43N3O2/c1-22(2)16-18-32(26-11-8-17-31(20-26)29(33)28(30)19-23(3)4)25-12-14-27(15-13-25)34-21-24-9-6-5-7-10-24/h5-7,9-10,12-15,22-23,26,28H,8,11,16-21,30H2,1-4H3/t26?,28-/m0/s1. The molecule has 1 amide bonds. The van der Waals surface area contributed by atoms with Crippen molar-refractivity contribution in [2.24, 2.45) is 17.6 Å². The topological polar surface area (TPSA) is 58.8 Å². The molecule has 1 saturated heterocycles. The van der Waals surface area contributed by atoms with Gasteiger partial charge in [0.05, 0.1) is 6.04 Å². The van der Waals surface area contributed by atoms with Gasteiger partial charge in [-0.1, -0.05) is 58.0 Å². The van der Waals surface area contributed by atoms with E-state index in [4.69, 9.17) is 10.5 Å². The number of benzene rings is 2. The minimum absolute atomic E-state index is 0.104. The summed E-state index contributed by atoms with van der Waals surface area (Å²) in [5.74, 6) is 2.02. The molecule has 0 spiro atoms. The Morgan fingerprint density at radius 1 is 1.06 bits per heavy atom. The van der Waals surface area contributed by atoms with Crippen LogP contribution in [-0.4, -0.2) is 42.5 Å². The number of hydrogen-bond donors (Lipinski definition) is 1. The van der Waals surface area contributed by atoms with E-state index in [-0.39, 0.29) is 5.91 Å². The van der Waals surface area contributed by atoms with Crippen LogP contribution in [0.3, 0.4) is 0 Å². The van der Waals surface area contributed by atoms with Crippen LogP contribution in [-0.2, 0) is 11.4 Å². The number of nitrogens with two attached hydrogens (primary N) is 1. The van der Waals surface area contributed by atoms with Gasteiger partial charge in [-0.3, -0.25) is 4.79 Å². The summed E-state index contributed by atoms with van der Waals surface area (Å²) in [5.41, 5.74) is 8.60. The lowest BCUT2D eigenvalue weighted by molar-refractivity contribution is -0.134. The van der Waals surface area contributed by atoms with E-state index in [1.54, 1.807) is 0 Å². The van der Waals surface area contributed by atoms with Gasteiger partial charge in [0, 0.05) is 31.4 Å². The summed E-state index contributed by atoms with van der Waals surface area (Å²) in [6.45, 7) is 11.9. The Bertz CT molecular complexity index is 867. The fraction of sp³-hybridized carbons (Fsp3) is 0.552. The number of piperidine rings is 1. The van der Waals surface area contributed by atoms with Crippen molar-refractivity contribution in [3.05, 3.63) is 60.2 Å². The SMILES string of the molecule is CC(C)CCN(c1ccc(OCc2ccccc2)cc1)C1CCCN(C(=O)[C@@H](N)CC(C)C)C1. The van der Waals surface area contributed by atoms with Crippen molar-refractivity contribution in [1.82, 2.24) is 4.90 Å². The van der Waals surface area contributed by atoms with Crippen LogP contribution in [0.5, 0.6) is 5.75 Å². The Labute approximate surface area is 206 Å². The molecule has 0 aliphatic carbocycles. The number of nitrogens with zero attached hydrogens (tertiary/aromatic N) is 2. The van der Waals surface area contributed by atoms with Crippen molar-refractivity contribution in [2.75, 3.05) is 24.5 Å². The number of carbonyl (C=O) groups is 1. The molecule has 1 aliphatic rings. The quantitative estimate of drug-likeness (QED) is 0.477. The van der Waals surface area contributed by atoms with E-state index in [0.29, 0.717) is 24.5 Å². The van der Waals surface area contributed by atoms with Gasteiger partial charge >= 0.3 is 0 Å². The van der Waals surface area contributed by atoms with Crippen LogP contribution >= 0.6 is 0 Å². The van der Waals surface area contributed by atoms with Crippen LogP contribution in [0.4, 0.5) is 5.69 Å². The smallest absolute Gasteiger partial charge is 0.239 e. The van der Waals surface area contributed by atoms with Crippen molar-refractivity contribution in [1.29, 1.82) is 0 Å². The Morgan fingerprint density at radius 3 is 2.41 bits per heavy atom. The molecule has 0 saturated carbocycles. The zero-order chi connectivity index (χ0) is 24.5. The fourth-order valence-corrected chi connectivity index (χ4v) is 4.65. The Hall–Kier alpha value is -2.53.